The molecule has 0 heterocycles. The second-order valence-electron chi connectivity index (χ2n) is 5.83. The standard InChI is InChI=1S/C17H25NO2S/c1-4-21-15-11-7-10-14(16(15)17(19)20)18(3)13-9-6-5-8-12(13)2/h7,10-13H,4-6,8-9H2,1-3H3,(H,19,20). The third-order valence-corrected chi connectivity index (χ3v) is 5.40. The van der Waals surface area contributed by atoms with Crippen LogP contribution in [0.5, 0.6) is 0 Å². The fourth-order valence-corrected chi connectivity index (χ4v) is 4.18. The highest BCUT2D eigenvalue weighted by Crippen LogP contribution is 2.35. The van der Waals surface area contributed by atoms with Gasteiger partial charge in [0, 0.05) is 18.0 Å². The maximum absolute atomic E-state index is 11.7. The molecule has 0 amide bonds. The van der Waals surface area contributed by atoms with Crippen LogP contribution in [-0.2, 0) is 0 Å². The zero-order valence-corrected chi connectivity index (χ0v) is 13.9. The molecular weight excluding hydrogens is 282 g/mol. The normalized spacial score (nSPS) is 22.0. The monoisotopic (exact) mass is 307 g/mol. The lowest BCUT2D eigenvalue weighted by molar-refractivity contribution is 0.0693. The Morgan fingerprint density at radius 2 is 2.10 bits per heavy atom. The molecule has 1 aromatic rings. The zero-order chi connectivity index (χ0) is 15.4. The lowest BCUT2D eigenvalue weighted by atomic mass is 9.84. The van der Waals surface area contributed by atoms with E-state index in [1.807, 2.05) is 18.2 Å². The number of carboxylic acid groups (broad SMARTS) is 1. The van der Waals surface area contributed by atoms with Crippen molar-refractivity contribution in [2.45, 2.75) is 50.5 Å². The van der Waals surface area contributed by atoms with Crippen LogP contribution < -0.4 is 4.90 Å². The number of aromatic carboxylic acids is 1. The number of carbonyl (C=O) groups is 1. The minimum atomic E-state index is -0.822. The summed E-state index contributed by atoms with van der Waals surface area (Å²) in [5.41, 5.74) is 1.32. The Labute approximate surface area is 131 Å². The average Bonchev–Trinajstić information content (AvgIpc) is 2.47. The number of carboxylic acids is 1. The van der Waals surface area contributed by atoms with Gasteiger partial charge in [-0.25, -0.2) is 4.79 Å². The molecule has 0 aliphatic heterocycles. The number of anilines is 1. The highest BCUT2D eigenvalue weighted by atomic mass is 32.2. The summed E-state index contributed by atoms with van der Waals surface area (Å²) < 4.78 is 0. The summed E-state index contributed by atoms with van der Waals surface area (Å²) in [4.78, 5) is 14.8. The van der Waals surface area contributed by atoms with Crippen LogP contribution in [0.15, 0.2) is 23.1 Å². The van der Waals surface area contributed by atoms with E-state index in [0.29, 0.717) is 17.5 Å². The molecule has 1 aromatic carbocycles. The Morgan fingerprint density at radius 3 is 2.71 bits per heavy atom. The van der Waals surface area contributed by atoms with Gasteiger partial charge in [-0.15, -0.1) is 11.8 Å². The van der Waals surface area contributed by atoms with Crippen molar-refractivity contribution in [3.8, 4) is 0 Å². The van der Waals surface area contributed by atoms with Gasteiger partial charge in [0.2, 0.25) is 0 Å². The van der Waals surface area contributed by atoms with Crippen LogP contribution in [0.3, 0.4) is 0 Å². The molecule has 21 heavy (non-hydrogen) atoms. The van der Waals surface area contributed by atoms with E-state index in [0.717, 1.165) is 22.8 Å². The van der Waals surface area contributed by atoms with Crippen molar-refractivity contribution in [3.63, 3.8) is 0 Å². The van der Waals surface area contributed by atoms with Crippen LogP contribution >= 0.6 is 11.8 Å². The molecule has 3 nitrogen and oxygen atoms in total. The molecule has 2 rings (SSSR count). The Kier molecular flexibility index (Phi) is 5.57. The van der Waals surface area contributed by atoms with E-state index in [2.05, 4.69) is 25.8 Å². The van der Waals surface area contributed by atoms with Crippen molar-refractivity contribution in [2.75, 3.05) is 17.7 Å². The molecule has 0 bridgehead atoms. The fourth-order valence-electron chi connectivity index (χ4n) is 3.35. The number of hydrogen-bond acceptors (Lipinski definition) is 3. The number of hydrogen-bond donors (Lipinski definition) is 1. The third kappa shape index (κ3) is 3.54. The highest BCUT2D eigenvalue weighted by Gasteiger charge is 2.28. The van der Waals surface area contributed by atoms with Crippen LogP contribution in [0.25, 0.3) is 0 Å². The van der Waals surface area contributed by atoms with Gasteiger partial charge in [0.05, 0.1) is 11.3 Å². The minimum Gasteiger partial charge on any atom is -0.478 e. The second-order valence-corrected chi connectivity index (χ2v) is 7.13. The lowest BCUT2D eigenvalue weighted by Crippen LogP contribution is -2.39. The van der Waals surface area contributed by atoms with Gasteiger partial charge in [-0.1, -0.05) is 32.8 Å². The van der Waals surface area contributed by atoms with E-state index in [9.17, 15) is 9.90 Å². The van der Waals surface area contributed by atoms with E-state index in [4.69, 9.17) is 0 Å². The van der Waals surface area contributed by atoms with Gasteiger partial charge in [0.25, 0.3) is 0 Å². The number of rotatable bonds is 5. The van der Waals surface area contributed by atoms with Gasteiger partial charge in [0.1, 0.15) is 0 Å². The SMILES string of the molecule is CCSc1cccc(N(C)C2CCCCC2C)c1C(=O)O. The summed E-state index contributed by atoms with van der Waals surface area (Å²) in [5, 5.41) is 9.65. The summed E-state index contributed by atoms with van der Waals surface area (Å²) in [6, 6.07) is 6.28. The Bertz CT molecular complexity index is 504. The Hall–Kier alpha value is -1.16. The number of nitrogens with zero attached hydrogens (tertiary/aromatic N) is 1. The first kappa shape index (κ1) is 16.2. The molecular formula is C17H25NO2S. The Morgan fingerprint density at radius 1 is 1.38 bits per heavy atom. The molecule has 1 saturated carbocycles. The fraction of sp³-hybridized carbons (Fsp3) is 0.588. The van der Waals surface area contributed by atoms with E-state index in [1.54, 1.807) is 11.8 Å². The highest BCUT2D eigenvalue weighted by molar-refractivity contribution is 7.99. The van der Waals surface area contributed by atoms with Gasteiger partial charge < -0.3 is 10.0 Å². The molecule has 0 saturated heterocycles. The maximum atomic E-state index is 11.7. The van der Waals surface area contributed by atoms with E-state index in [-0.39, 0.29) is 0 Å². The molecule has 2 atom stereocenters. The summed E-state index contributed by atoms with van der Waals surface area (Å²) in [6.45, 7) is 4.33. The van der Waals surface area contributed by atoms with Crippen LogP contribution in [0.1, 0.15) is 49.9 Å². The Balaban J connectivity index is 2.37. The van der Waals surface area contributed by atoms with Gasteiger partial charge >= 0.3 is 5.97 Å². The van der Waals surface area contributed by atoms with Crippen molar-refractivity contribution >= 4 is 23.4 Å². The topological polar surface area (TPSA) is 40.5 Å². The van der Waals surface area contributed by atoms with Gasteiger partial charge in [-0.2, -0.15) is 0 Å². The van der Waals surface area contributed by atoms with Crippen LogP contribution in [-0.4, -0.2) is 29.9 Å². The molecule has 0 radical (unpaired) electrons. The van der Waals surface area contributed by atoms with Crippen molar-refractivity contribution in [2.24, 2.45) is 5.92 Å². The van der Waals surface area contributed by atoms with Crippen molar-refractivity contribution in [3.05, 3.63) is 23.8 Å². The summed E-state index contributed by atoms with van der Waals surface area (Å²) in [5.74, 6) is 0.678. The van der Waals surface area contributed by atoms with Crippen LogP contribution in [0.4, 0.5) is 5.69 Å². The predicted octanol–water partition coefficient (Wildman–Crippen LogP) is 4.51. The summed E-state index contributed by atoms with van der Waals surface area (Å²) in [7, 11) is 2.05. The smallest absolute Gasteiger partial charge is 0.338 e. The number of benzene rings is 1. The molecule has 1 N–H and O–H groups in total. The van der Waals surface area contributed by atoms with Crippen molar-refractivity contribution < 1.29 is 9.90 Å². The first-order chi connectivity index (χ1) is 10.1. The first-order valence-corrected chi connectivity index (χ1v) is 8.76. The minimum absolute atomic E-state index is 0.443. The zero-order valence-electron chi connectivity index (χ0n) is 13.1. The molecule has 116 valence electrons. The van der Waals surface area contributed by atoms with Gasteiger partial charge in [-0.3, -0.25) is 0 Å². The van der Waals surface area contributed by atoms with E-state index in [1.165, 1.54) is 19.3 Å². The largest absolute Gasteiger partial charge is 0.478 e. The molecule has 1 fully saturated rings. The van der Waals surface area contributed by atoms with Crippen molar-refractivity contribution in [1.82, 2.24) is 0 Å². The predicted molar refractivity (Wildman–Crippen MR) is 89.6 cm³/mol. The van der Waals surface area contributed by atoms with E-state index >= 15 is 0 Å². The summed E-state index contributed by atoms with van der Waals surface area (Å²) in [6.07, 6.45) is 4.93. The molecule has 1 aliphatic carbocycles. The van der Waals surface area contributed by atoms with Crippen LogP contribution in [0, 0.1) is 5.92 Å². The maximum Gasteiger partial charge on any atom is 0.338 e. The average molecular weight is 307 g/mol. The first-order valence-electron chi connectivity index (χ1n) is 7.78. The van der Waals surface area contributed by atoms with Crippen molar-refractivity contribution in [1.29, 1.82) is 0 Å². The third-order valence-electron chi connectivity index (χ3n) is 4.46. The summed E-state index contributed by atoms with van der Waals surface area (Å²) >= 11 is 1.60. The molecule has 2 unspecified atom stereocenters. The van der Waals surface area contributed by atoms with Gasteiger partial charge in [0.15, 0.2) is 0 Å². The number of thioether (sulfide) groups is 1. The molecule has 0 aromatic heterocycles. The molecule has 1 aliphatic rings. The lowest BCUT2D eigenvalue weighted by Gasteiger charge is -2.38. The quantitative estimate of drug-likeness (QED) is 0.812. The second kappa shape index (κ2) is 7.21. The van der Waals surface area contributed by atoms with Gasteiger partial charge in [-0.05, 0) is 36.6 Å². The van der Waals surface area contributed by atoms with Crippen LogP contribution in [0.2, 0.25) is 0 Å². The molecule has 0 spiro atoms. The molecule has 4 heteroatoms. The van der Waals surface area contributed by atoms with E-state index < -0.39 is 5.97 Å².